The number of rotatable bonds is 45. The van der Waals surface area contributed by atoms with E-state index in [4.69, 9.17) is 4.74 Å². The van der Waals surface area contributed by atoms with Gasteiger partial charge in [0.2, 0.25) is 5.91 Å². The second-order valence-electron chi connectivity index (χ2n) is 16.8. The summed E-state index contributed by atoms with van der Waals surface area (Å²) >= 11 is 0. The topological polar surface area (TPSA) is 95.9 Å². The van der Waals surface area contributed by atoms with E-state index in [1.54, 1.807) is 0 Å². The average Bonchev–Trinajstić information content (AvgIpc) is 3.21. The highest BCUT2D eigenvalue weighted by molar-refractivity contribution is 5.76. The number of amides is 1. The van der Waals surface area contributed by atoms with E-state index >= 15 is 0 Å². The van der Waals surface area contributed by atoms with E-state index in [0.29, 0.717) is 25.9 Å². The SMILES string of the molecule is CCC/C=C\C/C=C\CCCCCCCC(=O)OCCCCCCCC/C=C\CCCCCCCCCC(=O)NC(CO)C(O)CCCCCCCCCCCC. The lowest BCUT2D eigenvalue weighted by Gasteiger charge is -2.22. The van der Waals surface area contributed by atoms with Crippen LogP contribution in [0.15, 0.2) is 36.5 Å². The van der Waals surface area contributed by atoms with E-state index < -0.39 is 12.1 Å². The lowest BCUT2D eigenvalue weighted by atomic mass is 10.0. The Morgan fingerprint density at radius 3 is 1.42 bits per heavy atom. The number of carbonyl (C=O) groups excluding carboxylic acids is 2. The summed E-state index contributed by atoms with van der Waals surface area (Å²) in [4.78, 5) is 24.4. The molecule has 0 saturated carbocycles. The fourth-order valence-corrected chi connectivity index (χ4v) is 7.32. The highest BCUT2D eigenvalue weighted by Gasteiger charge is 2.20. The number of aliphatic hydroxyl groups excluding tert-OH is 2. The summed E-state index contributed by atoms with van der Waals surface area (Å²) in [6, 6.07) is -0.549. The lowest BCUT2D eigenvalue weighted by Crippen LogP contribution is -2.45. The molecule has 57 heavy (non-hydrogen) atoms. The van der Waals surface area contributed by atoms with Gasteiger partial charge in [0.05, 0.1) is 25.4 Å². The predicted molar refractivity (Wildman–Crippen MR) is 246 cm³/mol. The molecule has 0 spiro atoms. The van der Waals surface area contributed by atoms with Crippen molar-refractivity contribution in [1.29, 1.82) is 0 Å². The molecule has 0 radical (unpaired) electrons. The van der Waals surface area contributed by atoms with E-state index in [1.165, 1.54) is 154 Å². The van der Waals surface area contributed by atoms with Crippen LogP contribution in [0.4, 0.5) is 0 Å². The fourth-order valence-electron chi connectivity index (χ4n) is 7.32. The molecular weight excluding hydrogens is 707 g/mol. The molecule has 2 unspecified atom stereocenters. The van der Waals surface area contributed by atoms with Crippen molar-refractivity contribution in [2.45, 2.75) is 264 Å². The zero-order valence-electron chi connectivity index (χ0n) is 37.8. The molecular formula is C51H95NO5. The molecule has 0 rings (SSSR count). The van der Waals surface area contributed by atoms with Crippen LogP contribution in [0.1, 0.15) is 251 Å². The van der Waals surface area contributed by atoms with Crippen molar-refractivity contribution in [3.05, 3.63) is 36.5 Å². The van der Waals surface area contributed by atoms with E-state index in [0.717, 1.165) is 64.2 Å². The Bertz CT molecular complexity index is 931. The minimum absolute atomic E-state index is 0.0181. The van der Waals surface area contributed by atoms with Crippen molar-refractivity contribution in [2.75, 3.05) is 13.2 Å². The Kier molecular flexibility index (Phi) is 45.2. The van der Waals surface area contributed by atoms with Crippen LogP contribution in [-0.4, -0.2) is 47.4 Å². The highest BCUT2D eigenvalue weighted by atomic mass is 16.5. The monoisotopic (exact) mass is 802 g/mol. The number of aliphatic hydroxyl groups is 2. The number of esters is 1. The maximum Gasteiger partial charge on any atom is 0.305 e. The van der Waals surface area contributed by atoms with Crippen molar-refractivity contribution in [2.24, 2.45) is 0 Å². The van der Waals surface area contributed by atoms with Gasteiger partial charge in [-0.2, -0.15) is 0 Å². The van der Waals surface area contributed by atoms with E-state index in [2.05, 4.69) is 55.6 Å². The van der Waals surface area contributed by atoms with Gasteiger partial charge in [-0.25, -0.2) is 0 Å². The van der Waals surface area contributed by atoms with Crippen LogP contribution in [0, 0.1) is 0 Å². The Labute approximate surface area is 353 Å². The van der Waals surface area contributed by atoms with E-state index in [1.807, 2.05) is 0 Å². The number of nitrogens with one attached hydrogen (secondary N) is 1. The summed E-state index contributed by atoms with van der Waals surface area (Å²) in [6.45, 7) is 4.83. The molecule has 0 aromatic rings. The Morgan fingerprint density at radius 2 is 0.912 bits per heavy atom. The summed E-state index contributed by atoms with van der Waals surface area (Å²) < 4.78 is 5.44. The van der Waals surface area contributed by atoms with Crippen LogP contribution in [0.3, 0.4) is 0 Å². The second-order valence-corrected chi connectivity index (χ2v) is 16.8. The standard InChI is InChI=1S/C51H95NO5/c1-3-5-7-9-11-13-15-21-25-29-33-37-41-45-51(56)57-46-42-38-34-30-26-23-20-18-16-17-19-22-24-28-32-36-40-44-50(55)52-48(47-53)49(54)43-39-35-31-27-14-12-10-8-6-4-2/h7,9,13,15-16,18,48-49,53-54H,3-6,8,10-12,14,17,19-47H2,1-2H3,(H,52,55)/b9-7-,15-13-,18-16-. The molecule has 0 aromatic carbocycles. The number of ether oxygens (including phenoxy) is 1. The lowest BCUT2D eigenvalue weighted by molar-refractivity contribution is -0.143. The van der Waals surface area contributed by atoms with Crippen LogP contribution < -0.4 is 5.32 Å². The number of hydrogen-bond donors (Lipinski definition) is 3. The van der Waals surface area contributed by atoms with Gasteiger partial charge in [0, 0.05) is 12.8 Å². The molecule has 0 heterocycles. The van der Waals surface area contributed by atoms with Gasteiger partial charge in [-0.1, -0.05) is 198 Å². The number of hydrogen-bond acceptors (Lipinski definition) is 5. The first-order valence-corrected chi connectivity index (χ1v) is 24.7. The number of carbonyl (C=O) groups is 2. The van der Waals surface area contributed by atoms with Crippen molar-refractivity contribution < 1.29 is 24.5 Å². The van der Waals surface area contributed by atoms with Gasteiger partial charge in [-0.15, -0.1) is 0 Å². The van der Waals surface area contributed by atoms with Gasteiger partial charge in [0.25, 0.3) is 0 Å². The van der Waals surface area contributed by atoms with E-state index in [-0.39, 0.29) is 18.5 Å². The van der Waals surface area contributed by atoms with Crippen LogP contribution in [-0.2, 0) is 14.3 Å². The van der Waals surface area contributed by atoms with Gasteiger partial charge in [0.15, 0.2) is 0 Å². The summed E-state index contributed by atoms with van der Waals surface area (Å²) in [5, 5.41) is 23.1. The Morgan fingerprint density at radius 1 is 0.491 bits per heavy atom. The van der Waals surface area contributed by atoms with E-state index in [9.17, 15) is 19.8 Å². The number of allylic oxidation sites excluding steroid dienone is 6. The fraction of sp³-hybridized carbons (Fsp3) is 0.843. The average molecular weight is 802 g/mol. The van der Waals surface area contributed by atoms with Crippen molar-refractivity contribution in [1.82, 2.24) is 5.32 Å². The molecule has 0 aliphatic carbocycles. The first-order chi connectivity index (χ1) is 28.0. The van der Waals surface area contributed by atoms with Crippen molar-refractivity contribution in [3.8, 4) is 0 Å². The molecule has 2 atom stereocenters. The van der Waals surface area contributed by atoms with Crippen LogP contribution >= 0.6 is 0 Å². The smallest absolute Gasteiger partial charge is 0.305 e. The Hall–Kier alpha value is -1.92. The zero-order chi connectivity index (χ0) is 41.5. The van der Waals surface area contributed by atoms with Gasteiger partial charge >= 0.3 is 5.97 Å². The molecule has 0 aromatic heterocycles. The first-order valence-electron chi connectivity index (χ1n) is 24.7. The zero-order valence-corrected chi connectivity index (χ0v) is 37.8. The minimum atomic E-state index is -0.670. The third kappa shape index (κ3) is 43.5. The Balaban J connectivity index is 3.46. The summed E-state index contributed by atoms with van der Waals surface area (Å²) in [7, 11) is 0. The third-order valence-corrected chi connectivity index (χ3v) is 11.1. The molecule has 0 bridgehead atoms. The molecule has 6 heteroatoms. The molecule has 6 nitrogen and oxygen atoms in total. The molecule has 3 N–H and O–H groups in total. The molecule has 0 saturated heterocycles. The van der Waals surface area contributed by atoms with Crippen LogP contribution in [0.5, 0.6) is 0 Å². The normalized spacial score (nSPS) is 13.0. The van der Waals surface area contributed by atoms with Crippen LogP contribution in [0.2, 0.25) is 0 Å². The molecule has 334 valence electrons. The first kappa shape index (κ1) is 55.1. The van der Waals surface area contributed by atoms with Gasteiger partial charge < -0.3 is 20.3 Å². The minimum Gasteiger partial charge on any atom is -0.466 e. The quantitative estimate of drug-likeness (QED) is 0.0324. The van der Waals surface area contributed by atoms with Gasteiger partial charge in [0.1, 0.15) is 0 Å². The van der Waals surface area contributed by atoms with Crippen molar-refractivity contribution in [3.63, 3.8) is 0 Å². The predicted octanol–water partition coefficient (Wildman–Crippen LogP) is 14.5. The summed E-state index contributed by atoms with van der Waals surface area (Å²) in [6.07, 6.45) is 55.4. The highest BCUT2D eigenvalue weighted by Crippen LogP contribution is 2.15. The second kappa shape index (κ2) is 46.8. The molecule has 0 aliphatic rings. The number of unbranched alkanes of at least 4 members (excludes halogenated alkanes) is 28. The molecule has 1 amide bonds. The summed E-state index contributed by atoms with van der Waals surface area (Å²) in [5.41, 5.74) is 0. The maximum absolute atomic E-state index is 12.4. The molecule has 0 aliphatic heterocycles. The maximum atomic E-state index is 12.4. The van der Waals surface area contributed by atoms with Crippen LogP contribution in [0.25, 0.3) is 0 Å². The largest absolute Gasteiger partial charge is 0.466 e. The van der Waals surface area contributed by atoms with Gasteiger partial charge in [-0.3, -0.25) is 9.59 Å². The molecule has 0 fully saturated rings. The third-order valence-electron chi connectivity index (χ3n) is 11.1. The van der Waals surface area contributed by atoms with Gasteiger partial charge in [-0.05, 0) is 77.0 Å². The summed E-state index contributed by atoms with van der Waals surface area (Å²) in [5.74, 6) is -0.0685. The van der Waals surface area contributed by atoms with Crippen molar-refractivity contribution >= 4 is 11.9 Å².